The molecular formula is C45H90N12O3. The van der Waals surface area contributed by atoms with Crippen molar-refractivity contribution >= 4 is 17.7 Å². The molecule has 348 valence electrons. The minimum absolute atomic E-state index is 0.140. The van der Waals surface area contributed by atoms with Crippen molar-refractivity contribution in [1.29, 1.82) is 0 Å². The number of hydrogen-bond acceptors (Lipinski definition) is 12. The Morgan fingerprint density at radius 2 is 0.667 bits per heavy atom. The number of piperazine rings is 3. The van der Waals surface area contributed by atoms with Crippen LogP contribution in [-0.4, -0.2) is 193 Å². The molecule has 4 heterocycles. The van der Waals surface area contributed by atoms with Crippen LogP contribution in [0.15, 0.2) is 0 Å². The summed E-state index contributed by atoms with van der Waals surface area (Å²) in [6.07, 6.45) is 2.88. The van der Waals surface area contributed by atoms with Crippen molar-refractivity contribution in [3.05, 3.63) is 0 Å². The summed E-state index contributed by atoms with van der Waals surface area (Å²) in [4.78, 5) is 47.6. The van der Waals surface area contributed by atoms with Gasteiger partial charge in [-0.3, -0.25) is 30.3 Å². The van der Waals surface area contributed by atoms with E-state index in [-0.39, 0.29) is 52.5 Å². The molecule has 3 unspecified atom stereocenters. The zero-order valence-corrected chi connectivity index (χ0v) is 41.6. The minimum Gasteiger partial charge on any atom is -0.338 e. The number of rotatable bonds is 18. The maximum Gasteiger partial charge on any atom is 0.242 e. The third-order valence-electron chi connectivity index (χ3n) is 13.3. The smallest absolute Gasteiger partial charge is 0.242 e. The van der Waals surface area contributed by atoms with E-state index >= 15 is 0 Å². The standard InChI is InChI=1S/C45H90N12O3/c1-19-34(4)55(25-22-49-28-40(7,8)46-43(13,14)37(49)58)52-31-53(56(35(5)20-2)26-23-50-29-41(9,10)47-44(15,16)38(50)59)33-54(32-52)57(36(6)21-3)27-24-51-30-42(11,12)48-45(17,18)39(51)60/h34-36,46-48H,19-33H2,1-18H3. The van der Waals surface area contributed by atoms with E-state index in [1.54, 1.807) is 0 Å². The highest BCUT2D eigenvalue weighted by molar-refractivity contribution is 5.87. The Hall–Kier alpha value is -1.95. The minimum atomic E-state index is -0.637. The van der Waals surface area contributed by atoms with Crippen LogP contribution in [0, 0.1) is 0 Å². The lowest BCUT2D eigenvalue weighted by molar-refractivity contribution is -0.269. The number of hydrazine groups is 3. The third-order valence-corrected chi connectivity index (χ3v) is 13.3. The molecular weight excluding hydrogens is 757 g/mol. The number of hydrogen-bond donors (Lipinski definition) is 3. The fraction of sp³-hybridized carbons (Fsp3) is 0.933. The zero-order chi connectivity index (χ0) is 45.4. The predicted octanol–water partition coefficient (Wildman–Crippen LogP) is 3.79. The van der Waals surface area contributed by atoms with Crippen molar-refractivity contribution in [2.75, 3.05) is 78.9 Å². The second-order valence-electron chi connectivity index (χ2n) is 22.3. The monoisotopic (exact) mass is 847 g/mol. The van der Waals surface area contributed by atoms with E-state index in [0.29, 0.717) is 78.9 Å². The third kappa shape index (κ3) is 12.2. The maximum atomic E-state index is 13.8. The van der Waals surface area contributed by atoms with Crippen LogP contribution in [0.2, 0.25) is 0 Å². The van der Waals surface area contributed by atoms with E-state index in [1.807, 2.05) is 41.5 Å². The first kappa shape index (κ1) is 50.7. The fourth-order valence-corrected chi connectivity index (χ4v) is 10.6. The highest BCUT2D eigenvalue weighted by Gasteiger charge is 2.47. The van der Waals surface area contributed by atoms with Crippen LogP contribution < -0.4 is 16.0 Å². The molecule has 0 bridgehead atoms. The summed E-state index contributed by atoms with van der Waals surface area (Å²) in [5.74, 6) is 0.420. The summed E-state index contributed by atoms with van der Waals surface area (Å²) in [6, 6.07) is 0.683. The number of nitrogens with zero attached hydrogens (tertiary/aromatic N) is 9. The molecule has 15 heteroatoms. The Balaban J connectivity index is 1.71. The van der Waals surface area contributed by atoms with Crippen LogP contribution in [0.3, 0.4) is 0 Å². The molecule has 0 radical (unpaired) electrons. The molecule has 0 aromatic carbocycles. The molecule has 15 nitrogen and oxygen atoms in total. The van der Waals surface area contributed by atoms with Gasteiger partial charge in [-0.15, -0.1) is 0 Å². The summed E-state index contributed by atoms with van der Waals surface area (Å²) in [5, 5.41) is 25.7. The average Bonchev–Trinajstić information content (AvgIpc) is 3.12. The van der Waals surface area contributed by atoms with Crippen molar-refractivity contribution in [2.45, 2.75) is 195 Å². The highest BCUT2D eigenvalue weighted by Crippen LogP contribution is 2.28. The number of carbonyl (C=O) groups excluding carboxylic acids is 3. The molecule has 4 saturated heterocycles. The van der Waals surface area contributed by atoms with E-state index < -0.39 is 16.6 Å². The molecule has 60 heavy (non-hydrogen) atoms. The Morgan fingerprint density at radius 3 is 0.867 bits per heavy atom. The number of amides is 3. The van der Waals surface area contributed by atoms with E-state index in [0.717, 1.165) is 19.3 Å². The van der Waals surface area contributed by atoms with Crippen molar-refractivity contribution in [2.24, 2.45) is 0 Å². The number of carbonyl (C=O) groups is 3. The van der Waals surface area contributed by atoms with Gasteiger partial charge in [-0.2, -0.15) is 0 Å². The first-order valence-electron chi connectivity index (χ1n) is 23.3. The van der Waals surface area contributed by atoms with E-state index in [2.05, 4.69) is 144 Å². The van der Waals surface area contributed by atoms with Crippen LogP contribution in [0.25, 0.3) is 0 Å². The van der Waals surface area contributed by atoms with E-state index in [9.17, 15) is 14.4 Å². The largest absolute Gasteiger partial charge is 0.338 e. The normalized spacial score (nSPS) is 26.4. The molecule has 0 aromatic heterocycles. The maximum absolute atomic E-state index is 13.8. The van der Waals surface area contributed by atoms with Gasteiger partial charge in [0.25, 0.3) is 0 Å². The SMILES string of the molecule is CCC(C)N(CCN1CC(C)(C)NC(C)(C)C1=O)N1CN(N(CCN2CC(C)(C)NC(C)(C)C2=O)C(C)CC)CN(N(CCN2CC(C)(C)NC(C)(C)C2=O)C(C)CC)C1. The molecule has 3 N–H and O–H groups in total. The van der Waals surface area contributed by atoms with Crippen LogP contribution >= 0.6 is 0 Å². The lowest BCUT2D eigenvalue weighted by Crippen LogP contribution is -2.72. The first-order chi connectivity index (χ1) is 27.5. The molecule has 3 atom stereocenters. The molecule has 0 spiro atoms. The van der Waals surface area contributed by atoms with Crippen LogP contribution in [0.1, 0.15) is 144 Å². The van der Waals surface area contributed by atoms with Gasteiger partial charge in [0.2, 0.25) is 17.7 Å². The lowest BCUT2D eigenvalue weighted by Gasteiger charge is -2.55. The van der Waals surface area contributed by atoms with Crippen molar-refractivity contribution in [1.82, 2.24) is 60.7 Å². The van der Waals surface area contributed by atoms with Gasteiger partial charge in [0.05, 0.1) is 36.6 Å². The van der Waals surface area contributed by atoms with Gasteiger partial charge < -0.3 is 14.7 Å². The van der Waals surface area contributed by atoms with Gasteiger partial charge in [0, 0.05) is 93.6 Å². The first-order valence-corrected chi connectivity index (χ1v) is 23.3. The summed E-state index contributed by atoms with van der Waals surface area (Å²) in [6.45, 7) is 46.7. The summed E-state index contributed by atoms with van der Waals surface area (Å²) < 4.78 is 0. The van der Waals surface area contributed by atoms with Gasteiger partial charge >= 0.3 is 0 Å². The Bertz CT molecular complexity index is 1310. The molecule has 0 saturated carbocycles. The van der Waals surface area contributed by atoms with Gasteiger partial charge in [0.15, 0.2) is 0 Å². The zero-order valence-electron chi connectivity index (χ0n) is 41.6. The van der Waals surface area contributed by atoms with E-state index in [4.69, 9.17) is 0 Å². The molecule has 0 aliphatic carbocycles. The topological polar surface area (TPSA) is 116 Å². The Morgan fingerprint density at radius 1 is 0.450 bits per heavy atom. The Kier molecular flexibility index (Phi) is 16.1. The van der Waals surface area contributed by atoms with Crippen molar-refractivity contribution < 1.29 is 14.4 Å². The van der Waals surface area contributed by atoms with Crippen LogP contribution in [-0.2, 0) is 14.4 Å². The molecule has 4 aliphatic heterocycles. The lowest BCUT2D eigenvalue weighted by atomic mass is 9.90. The molecule has 4 aliphatic rings. The quantitative estimate of drug-likeness (QED) is 0.187. The van der Waals surface area contributed by atoms with Crippen LogP contribution in [0.5, 0.6) is 0 Å². The van der Waals surface area contributed by atoms with Gasteiger partial charge in [-0.05, 0) is 123 Å². The molecule has 0 aromatic rings. The molecule has 3 amide bonds. The summed E-state index contributed by atoms with van der Waals surface area (Å²) >= 11 is 0. The van der Waals surface area contributed by atoms with Gasteiger partial charge in [-0.1, -0.05) is 20.8 Å². The second kappa shape index (κ2) is 19.0. The summed E-state index contributed by atoms with van der Waals surface area (Å²) in [5.41, 5.74) is -2.50. The number of nitrogens with one attached hydrogen (secondary N) is 3. The van der Waals surface area contributed by atoms with Crippen molar-refractivity contribution in [3.8, 4) is 0 Å². The predicted molar refractivity (Wildman–Crippen MR) is 243 cm³/mol. The average molecular weight is 847 g/mol. The summed E-state index contributed by atoms with van der Waals surface area (Å²) in [7, 11) is 0. The highest BCUT2D eigenvalue weighted by atomic mass is 16.2. The Labute approximate surface area is 366 Å². The van der Waals surface area contributed by atoms with Crippen molar-refractivity contribution in [3.63, 3.8) is 0 Å². The van der Waals surface area contributed by atoms with Crippen LogP contribution in [0.4, 0.5) is 0 Å². The molecule has 4 rings (SSSR count). The van der Waals surface area contributed by atoms with Gasteiger partial charge in [-0.25, -0.2) is 30.1 Å². The molecule has 4 fully saturated rings. The second-order valence-corrected chi connectivity index (χ2v) is 22.3. The fourth-order valence-electron chi connectivity index (χ4n) is 10.6. The van der Waals surface area contributed by atoms with E-state index in [1.165, 1.54) is 0 Å². The van der Waals surface area contributed by atoms with Gasteiger partial charge in [0.1, 0.15) is 0 Å².